The number of hydrogen-bond acceptors (Lipinski definition) is 3. The van der Waals surface area contributed by atoms with E-state index in [9.17, 15) is 0 Å². The Bertz CT molecular complexity index is 3100. The summed E-state index contributed by atoms with van der Waals surface area (Å²) in [5.74, 6) is 0. The molecule has 0 radical (unpaired) electrons. The van der Waals surface area contributed by atoms with Gasteiger partial charge in [-0.2, -0.15) is 0 Å². The van der Waals surface area contributed by atoms with Gasteiger partial charge >= 0.3 is 0 Å². The Hall–Kier alpha value is -7.10. The van der Waals surface area contributed by atoms with E-state index in [1.54, 1.807) is 0 Å². The Morgan fingerprint density at radius 3 is 1.21 bits per heavy atom. The van der Waals surface area contributed by atoms with Crippen molar-refractivity contribution in [3.8, 4) is 44.5 Å². The fourth-order valence-electron chi connectivity index (χ4n) is 8.65. The lowest BCUT2D eigenvalue weighted by molar-refractivity contribution is 0.670. The highest BCUT2D eigenvalue weighted by Gasteiger charge is 2.22. The summed E-state index contributed by atoms with van der Waals surface area (Å²) in [4.78, 5) is 8.96. The predicted octanol–water partition coefficient (Wildman–Crippen LogP) is 13.7. The number of fused-ring (bicyclic) bond motifs is 7. The smallest absolute Gasteiger partial charge is 0.143 e. The van der Waals surface area contributed by atoms with Gasteiger partial charge in [0.25, 0.3) is 0 Å². The van der Waals surface area contributed by atoms with Gasteiger partial charge in [-0.15, -0.1) is 0 Å². The second-order valence-electron chi connectivity index (χ2n) is 13.7. The molecule has 0 N–H and O–H groups in total. The zero-order valence-corrected chi connectivity index (χ0v) is 28.6. The van der Waals surface area contributed by atoms with Gasteiger partial charge in [0.2, 0.25) is 0 Å². The lowest BCUT2D eigenvalue weighted by Crippen LogP contribution is -1.91. The van der Waals surface area contributed by atoms with Crippen LogP contribution < -0.4 is 0 Å². The van der Waals surface area contributed by atoms with Crippen LogP contribution in [0.5, 0.6) is 0 Å². The van der Waals surface area contributed by atoms with Crippen molar-refractivity contribution in [2.75, 3.05) is 0 Å². The first-order valence-corrected chi connectivity index (χ1v) is 18.0. The van der Waals surface area contributed by atoms with Crippen molar-refractivity contribution in [2.24, 2.45) is 0 Å². The number of para-hydroxylation sites is 1. The summed E-state index contributed by atoms with van der Waals surface area (Å²) < 4.78 is 7.01. The molecule has 0 aliphatic heterocycles. The molecular formula is C50H30N2O. The van der Waals surface area contributed by atoms with E-state index in [0.29, 0.717) is 0 Å². The van der Waals surface area contributed by atoms with Crippen LogP contribution in [0.4, 0.5) is 0 Å². The molecule has 0 saturated heterocycles. The SMILES string of the molecule is c1cncc(-c2c3ccccc3c(-c3ccc4c(c3)oc3c(-c5c6ccccc6c(-c6cccnc6)c6ccccc56)cccc34)c3ccccc23)c1. The fourth-order valence-corrected chi connectivity index (χ4v) is 8.65. The van der Waals surface area contributed by atoms with E-state index in [1.165, 1.54) is 65.3 Å². The maximum atomic E-state index is 7.01. The highest BCUT2D eigenvalue weighted by molar-refractivity contribution is 6.25. The first-order chi connectivity index (χ1) is 26.3. The Morgan fingerprint density at radius 1 is 0.321 bits per heavy atom. The second kappa shape index (κ2) is 11.7. The minimum atomic E-state index is 0.870. The Labute approximate surface area is 305 Å². The summed E-state index contributed by atoms with van der Waals surface area (Å²) in [6.07, 6.45) is 7.59. The number of pyridine rings is 2. The van der Waals surface area contributed by atoms with E-state index in [2.05, 4.69) is 156 Å². The topological polar surface area (TPSA) is 38.9 Å². The zero-order valence-electron chi connectivity index (χ0n) is 28.6. The third-order valence-electron chi connectivity index (χ3n) is 10.8. The molecule has 0 bridgehead atoms. The second-order valence-corrected chi connectivity index (χ2v) is 13.7. The highest BCUT2D eigenvalue weighted by atomic mass is 16.3. The molecule has 8 aromatic carbocycles. The molecule has 3 aromatic heterocycles. The van der Waals surface area contributed by atoms with Crippen LogP contribution >= 0.6 is 0 Å². The molecule has 0 spiro atoms. The number of aromatic nitrogens is 2. The van der Waals surface area contributed by atoms with Gasteiger partial charge < -0.3 is 4.42 Å². The molecule has 0 atom stereocenters. The van der Waals surface area contributed by atoms with Crippen LogP contribution in [0.3, 0.4) is 0 Å². The highest BCUT2D eigenvalue weighted by Crippen LogP contribution is 2.48. The Balaban J connectivity index is 1.18. The molecule has 11 rings (SSSR count). The van der Waals surface area contributed by atoms with Crippen molar-refractivity contribution < 1.29 is 4.42 Å². The fraction of sp³-hybridized carbons (Fsp3) is 0. The van der Waals surface area contributed by atoms with Gasteiger partial charge in [0, 0.05) is 57.8 Å². The molecule has 0 aliphatic rings. The van der Waals surface area contributed by atoms with Gasteiger partial charge in [0.1, 0.15) is 11.2 Å². The van der Waals surface area contributed by atoms with Crippen molar-refractivity contribution in [2.45, 2.75) is 0 Å². The average molecular weight is 675 g/mol. The van der Waals surface area contributed by atoms with Crippen LogP contribution in [0.2, 0.25) is 0 Å². The van der Waals surface area contributed by atoms with Gasteiger partial charge in [-0.1, -0.05) is 133 Å². The molecule has 0 fully saturated rings. The first kappa shape index (κ1) is 29.6. The van der Waals surface area contributed by atoms with E-state index in [1.807, 2.05) is 36.9 Å². The molecule has 53 heavy (non-hydrogen) atoms. The van der Waals surface area contributed by atoms with Crippen molar-refractivity contribution in [3.05, 3.63) is 183 Å². The van der Waals surface area contributed by atoms with Crippen molar-refractivity contribution in [1.82, 2.24) is 9.97 Å². The van der Waals surface area contributed by atoms with E-state index in [-0.39, 0.29) is 0 Å². The van der Waals surface area contributed by atoms with E-state index in [0.717, 1.165) is 44.2 Å². The Kier molecular flexibility index (Phi) is 6.55. The van der Waals surface area contributed by atoms with Crippen LogP contribution in [0.15, 0.2) is 187 Å². The summed E-state index contributed by atoms with van der Waals surface area (Å²) in [6.45, 7) is 0. The summed E-state index contributed by atoms with van der Waals surface area (Å²) in [7, 11) is 0. The molecule has 0 unspecified atom stereocenters. The molecular weight excluding hydrogens is 645 g/mol. The predicted molar refractivity (Wildman–Crippen MR) is 221 cm³/mol. The third kappa shape index (κ3) is 4.47. The summed E-state index contributed by atoms with van der Waals surface area (Å²) in [5, 5.41) is 11.8. The van der Waals surface area contributed by atoms with Crippen LogP contribution in [0, 0.1) is 0 Å². The average Bonchev–Trinajstić information content (AvgIpc) is 3.61. The normalized spacial score (nSPS) is 11.8. The number of nitrogens with zero attached hydrogens (tertiary/aromatic N) is 2. The molecule has 0 saturated carbocycles. The lowest BCUT2D eigenvalue weighted by atomic mass is 9.86. The van der Waals surface area contributed by atoms with Crippen LogP contribution in [0.1, 0.15) is 0 Å². The minimum Gasteiger partial charge on any atom is -0.455 e. The number of hydrogen-bond donors (Lipinski definition) is 0. The molecule has 246 valence electrons. The monoisotopic (exact) mass is 674 g/mol. The molecule has 0 aliphatic carbocycles. The molecule has 3 heteroatoms. The summed E-state index contributed by atoms with van der Waals surface area (Å²) in [6, 6.07) is 56.5. The van der Waals surface area contributed by atoms with E-state index < -0.39 is 0 Å². The zero-order chi connectivity index (χ0) is 34.9. The Morgan fingerprint density at radius 2 is 0.755 bits per heavy atom. The quantitative estimate of drug-likeness (QED) is 0.174. The summed E-state index contributed by atoms with van der Waals surface area (Å²) >= 11 is 0. The third-order valence-corrected chi connectivity index (χ3v) is 10.8. The maximum Gasteiger partial charge on any atom is 0.143 e. The van der Waals surface area contributed by atoms with Crippen molar-refractivity contribution in [3.63, 3.8) is 0 Å². The van der Waals surface area contributed by atoms with E-state index in [4.69, 9.17) is 4.42 Å². The van der Waals surface area contributed by atoms with Gasteiger partial charge in [-0.05, 0) is 89.6 Å². The standard InChI is InChI=1S/C50H30N2O/c1-3-16-37-35(14-1)46(36-15-2-4-17-38(36)47(37)32-12-10-26-51-29-32)31-24-25-34-43-22-9-23-44(50(43)53-45(34)28-31)49-41-20-7-5-18-39(41)48(33-13-11-27-52-30-33)40-19-6-8-21-42(40)49/h1-30H. The minimum absolute atomic E-state index is 0.870. The van der Waals surface area contributed by atoms with E-state index >= 15 is 0 Å². The van der Waals surface area contributed by atoms with Crippen molar-refractivity contribution in [1.29, 1.82) is 0 Å². The number of benzene rings is 8. The number of furan rings is 1. The summed E-state index contributed by atoms with van der Waals surface area (Å²) in [5.41, 5.74) is 11.0. The number of rotatable bonds is 4. The van der Waals surface area contributed by atoms with Gasteiger partial charge in [-0.25, -0.2) is 0 Å². The first-order valence-electron chi connectivity index (χ1n) is 18.0. The molecule has 0 amide bonds. The van der Waals surface area contributed by atoms with Gasteiger partial charge in [0.15, 0.2) is 0 Å². The van der Waals surface area contributed by atoms with Gasteiger partial charge in [0.05, 0.1) is 0 Å². The van der Waals surface area contributed by atoms with Gasteiger partial charge in [-0.3, -0.25) is 9.97 Å². The maximum absolute atomic E-state index is 7.01. The molecule has 3 heterocycles. The molecule has 11 aromatic rings. The van der Waals surface area contributed by atoms with Crippen LogP contribution in [-0.2, 0) is 0 Å². The lowest BCUT2D eigenvalue weighted by Gasteiger charge is -2.17. The molecule has 3 nitrogen and oxygen atoms in total. The van der Waals surface area contributed by atoms with Crippen molar-refractivity contribution >= 4 is 65.0 Å². The van der Waals surface area contributed by atoms with Crippen LogP contribution in [-0.4, -0.2) is 9.97 Å². The largest absolute Gasteiger partial charge is 0.455 e. The van der Waals surface area contributed by atoms with Crippen LogP contribution in [0.25, 0.3) is 110 Å².